The summed E-state index contributed by atoms with van der Waals surface area (Å²) in [5.41, 5.74) is -0.857. The molecule has 5 nitrogen and oxygen atoms in total. The van der Waals surface area contributed by atoms with Gasteiger partial charge in [-0.25, -0.2) is 0 Å². The van der Waals surface area contributed by atoms with Crippen molar-refractivity contribution in [1.29, 1.82) is 0 Å². The smallest absolute Gasteiger partial charge is 0.313 e. The Morgan fingerprint density at radius 3 is 2.16 bits per heavy atom. The quantitative estimate of drug-likeness (QED) is 0.569. The first kappa shape index (κ1) is 14.0. The maximum absolute atomic E-state index is 12.3. The van der Waals surface area contributed by atoms with Crippen LogP contribution < -0.4 is 0 Å². The van der Waals surface area contributed by atoms with Crippen molar-refractivity contribution in [3.8, 4) is 0 Å². The molecule has 0 bridgehead atoms. The minimum Gasteiger partial charge on any atom is -0.469 e. The molecule has 0 aromatic rings. The van der Waals surface area contributed by atoms with Gasteiger partial charge in [0.05, 0.1) is 24.4 Å². The molecule has 0 spiro atoms. The van der Waals surface area contributed by atoms with Crippen molar-refractivity contribution >= 4 is 17.8 Å². The van der Waals surface area contributed by atoms with Crippen LogP contribution in [0.15, 0.2) is 0 Å². The van der Waals surface area contributed by atoms with Gasteiger partial charge in [-0.1, -0.05) is 6.92 Å². The van der Waals surface area contributed by atoms with Crippen LogP contribution in [0.1, 0.15) is 33.6 Å². The van der Waals surface area contributed by atoms with E-state index >= 15 is 0 Å². The van der Waals surface area contributed by atoms with E-state index in [2.05, 4.69) is 6.92 Å². The molecule has 1 heterocycles. The Balaban J connectivity index is 2.13. The molecule has 0 aromatic heterocycles. The second kappa shape index (κ2) is 4.62. The molecule has 2 atom stereocenters. The van der Waals surface area contributed by atoms with Crippen LogP contribution in [0.4, 0.5) is 0 Å². The second-order valence-corrected chi connectivity index (χ2v) is 6.43. The molecule has 0 radical (unpaired) electrons. The summed E-state index contributed by atoms with van der Waals surface area (Å²) in [6.45, 7) is 5.56. The van der Waals surface area contributed by atoms with Crippen LogP contribution in [-0.4, -0.2) is 36.3 Å². The minimum atomic E-state index is -0.857. The molecule has 0 aromatic carbocycles. The number of hydrogen-bond acceptors (Lipinski definition) is 4. The number of likely N-dealkylation sites (tertiary alicyclic amines) is 1. The zero-order valence-electron chi connectivity index (χ0n) is 11.9. The largest absolute Gasteiger partial charge is 0.469 e. The number of nitrogens with zero attached hydrogens (tertiary/aromatic N) is 1. The number of imide groups is 1. The first-order chi connectivity index (χ1) is 8.77. The van der Waals surface area contributed by atoms with E-state index in [1.165, 1.54) is 12.0 Å². The van der Waals surface area contributed by atoms with E-state index in [1.54, 1.807) is 13.8 Å². The summed E-state index contributed by atoms with van der Waals surface area (Å²) >= 11 is 0. The topological polar surface area (TPSA) is 63.7 Å². The summed E-state index contributed by atoms with van der Waals surface area (Å²) in [5, 5.41) is 0. The van der Waals surface area contributed by atoms with Crippen molar-refractivity contribution in [2.45, 2.75) is 33.6 Å². The van der Waals surface area contributed by atoms with Gasteiger partial charge in [-0.3, -0.25) is 19.3 Å². The standard InChI is InChI=1S/C14H21NO4/c1-8-5-9-10(6-8)12(17)15(11(9)16)7-14(2,3)13(18)19-4/h8-10H,5-7H2,1-4H3. The maximum atomic E-state index is 12.3. The maximum Gasteiger partial charge on any atom is 0.313 e. The SMILES string of the molecule is COC(=O)C(C)(C)CN1C(=O)C2CC(C)CC2C1=O. The van der Waals surface area contributed by atoms with Crippen molar-refractivity contribution in [3.63, 3.8) is 0 Å². The van der Waals surface area contributed by atoms with E-state index in [0.717, 1.165) is 12.8 Å². The number of carbonyl (C=O) groups is 3. The molecule has 19 heavy (non-hydrogen) atoms. The van der Waals surface area contributed by atoms with Crippen LogP contribution in [0.2, 0.25) is 0 Å². The third kappa shape index (κ3) is 2.26. The van der Waals surface area contributed by atoms with Gasteiger partial charge in [-0.15, -0.1) is 0 Å². The number of amides is 2. The molecule has 5 heteroatoms. The number of rotatable bonds is 3. The molecule has 2 rings (SSSR count). The van der Waals surface area contributed by atoms with E-state index in [9.17, 15) is 14.4 Å². The monoisotopic (exact) mass is 267 g/mol. The van der Waals surface area contributed by atoms with Gasteiger partial charge in [0.1, 0.15) is 0 Å². The van der Waals surface area contributed by atoms with E-state index < -0.39 is 11.4 Å². The lowest BCUT2D eigenvalue weighted by Crippen LogP contribution is -2.43. The Morgan fingerprint density at radius 2 is 1.74 bits per heavy atom. The minimum absolute atomic E-state index is 0.110. The Bertz CT molecular complexity index is 405. The number of fused-ring (bicyclic) bond motifs is 1. The molecule has 106 valence electrons. The highest BCUT2D eigenvalue weighted by molar-refractivity contribution is 6.05. The zero-order valence-corrected chi connectivity index (χ0v) is 11.9. The van der Waals surface area contributed by atoms with Crippen molar-refractivity contribution in [2.24, 2.45) is 23.2 Å². The molecular weight excluding hydrogens is 246 g/mol. The molecule has 2 fully saturated rings. The lowest BCUT2D eigenvalue weighted by atomic mass is 9.93. The van der Waals surface area contributed by atoms with Crippen LogP contribution in [-0.2, 0) is 19.1 Å². The summed E-state index contributed by atoms with van der Waals surface area (Å²) < 4.78 is 4.72. The van der Waals surface area contributed by atoms with E-state index in [4.69, 9.17) is 4.74 Å². The zero-order chi connectivity index (χ0) is 14.4. The van der Waals surface area contributed by atoms with Gasteiger partial charge >= 0.3 is 5.97 Å². The van der Waals surface area contributed by atoms with Gasteiger partial charge in [0, 0.05) is 6.54 Å². The fourth-order valence-corrected chi connectivity index (χ4v) is 3.24. The number of esters is 1. The van der Waals surface area contributed by atoms with Gasteiger partial charge in [0.25, 0.3) is 0 Å². The third-order valence-corrected chi connectivity index (χ3v) is 4.26. The van der Waals surface area contributed by atoms with Gasteiger partial charge in [-0.2, -0.15) is 0 Å². The van der Waals surface area contributed by atoms with Crippen molar-refractivity contribution in [2.75, 3.05) is 13.7 Å². The van der Waals surface area contributed by atoms with E-state index in [1.807, 2.05) is 0 Å². The van der Waals surface area contributed by atoms with Gasteiger partial charge in [-0.05, 0) is 32.6 Å². The Kier molecular flexibility index (Phi) is 3.41. The van der Waals surface area contributed by atoms with Crippen LogP contribution in [0.3, 0.4) is 0 Å². The van der Waals surface area contributed by atoms with E-state index in [0.29, 0.717) is 5.92 Å². The Hall–Kier alpha value is -1.39. The molecule has 2 aliphatic rings. The third-order valence-electron chi connectivity index (χ3n) is 4.26. The highest BCUT2D eigenvalue weighted by Crippen LogP contribution is 2.43. The lowest BCUT2D eigenvalue weighted by Gasteiger charge is -2.27. The summed E-state index contributed by atoms with van der Waals surface area (Å²) in [6.07, 6.45) is 1.56. The summed E-state index contributed by atoms with van der Waals surface area (Å²) in [6, 6.07) is 0. The van der Waals surface area contributed by atoms with Crippen LogP contribution in [0.5, 0.6) is 0 Å². The first-order valence-electron chi connectivity index (χ1n) is 6.71. The average Bonchev–Trinajstić information content (AvgIpc) is 2.82. The predicted octanol–water partition coefficient (Wildman–Crippen LogP) is 1.22. The molecule has 1 saturated carbocycles. The molecule has 1 aliphatic heterocycles. The lowest BCUT2D eigenvalue weighted by molar-refractivity contribution is -0.154. The summed E-state index contributed by atoms with van der Waals surface area (Å²) in [4.78, 5) is 37.5. The molecule has 1 aliphatic carbocycles. The fraction of sp³-hybridized carbons (Fsp3) is 0.786. The predicted molar refractivity (Wildman–Crippen MR) is 67.9 cm³/mol. The second-order valence-electron chi connectivity index (χ2n) is 6.43. The van der Waals surface area contributed by atoms with Crippen LogP contribution in [0, 0.1) is 23.2 Å². The molecule has 2 amide bonds. The number of carbonyl (C=O) groups excluding carboxylic acids is 3. The molecule has 1 saturated heterocycles. The van der Waals surface area contributed by atoms with Crippen molar-refractivity contribution < 1.29 is 19.1 Å². The molecular formula is C14H21NO4. The number of hydrogen-bond donors (Lipinski definition) is 0. The van der Waals surface area contributed by atoms with Crippen molar-refractivity contribution in [1.82, 2.24) is 4.90 Å². The van der Waals surface area contributed by atoms with Gasteiger partial charge in [0.2, 0.25) is 11.8 Å². The van der Waals surface area contributed by atoms with Crippen LogP contribution in [0.25, 0.3) is 0 Å². The summed E-state index contributed by atoms with van der Waals surface area (Å²) in [5.74, 6) is -0.545. The number of ether oxygens (including phenoxy) is 1. The highest BCUT2D eigenvalue weighted by Gasteiger charge is 2.53. The van der Waals surface area contributed by atoms with E-state index in [-0.39, 0.29) is 30.2 Å². The molecule has 0 N–H and O–H groups in total. The van der Waals surface area contributed by atoms with Gasteiger partial charge < -0.3 is 4.74 Å². The fourth-order valence-electron chi connectivity index (χ4n) is 3.24. The number of methoxy groups -OCH3 is 1. The van der Waals surface area contributed by atoms with Crippen LogP contribution >= 0.6 is 0 Å². The van der Waals surface area contributed by atoms with Gasteiger partial charge in [0.15, 0.2) is 0 Å². The Morgan fingerprint density at radius 1 is 1.26 bits per heavy atom. The summed E-state index contributed by atoms with van der Waals surface area (Å²) in [7, 11) is 1.31. The van der Waals surface area contributed by atoms with Crippen molar-refractivity contribution in [3.05, 3.63) is 0 Å². The average molecular weight is 267 g/mol. The normalized spacial score (nSPS) is 30.7. The first-order valence-corrected chi connectivity index (χ1v) is 6.71. The Labute approximate surface area is 113 Å². The highest BCUT2D eigenvalue weighted by atomic mass is 16.5. The molecule has 2 unspecified atom stereocenters.